The number of ketones is 1. The number of carboxylic acid groups (broad SMARTS) is 1. The zero-order chi connectivity index (χ0) is 30.6. The topological polar surface area (TPSA) is 164 Å². The molecule has 13 nitrogen and oxygen atoms in total. The molecular formula is C29H40N4O9. The van der Waals surface area contributed by atoms with Crippen molar-refractivity contribution in [2.75, 3.05) is 32.8 Å². The van der Waals surface area contributed by atoms with Gasteiger partial charge in [0.25, 0.3) is 0 Å². The Kier molecular flexibility index (Phi) is 12.3. The molecule has 42 heavy (non-hydrogen) atoms. The van der Waals surface area contributed by atoms with Crippen molar-refractivity contribution in [3.63, 3.8) is 0 Å². The first kappa shape index (κ1) is 32.5. The highest BCUT2D eigenvalue weighted by Gasteiger charge is 2.35. The second-order valence-electron chi connectivity index (χ2n) is 10.5. The largest absolute Gasteiger partial charge is 0.465 e. The molecule has 0 saturated carbocycles. The van der Waals surface area contributed by atoms with Gasteiger partial charge >= 0.3 is 18.2 Å². The SMILES string of the molecule is CCOC(=O)NN=Cc1ccc(C(=O)C[C@@H](C)C(=O)N2CCC(OC(OC(C)=O)C3CCCN(C(=O)O)C3)CC2)cc1. The minimum atomic E-state index is -1.01. The Labute approximate surface area is 245 Å². The third-order valence-electron chi connectivity index (χ3n) is 7.27. The van der Waals surface area contributed by atoms with Crippen molar-refractivity contribution in [2.24, 2.45) is 16.9 Å². The monoisotopic (exact) mass is 588 g/mol. The average Bonchev–Trinajstić information content (AvgIpc) is 2.97. The smallest absolute Gasteiger partial charge is 0.427 e. The Morgan fingerprint density at radius 2 is 1.76 bits per heavy atom. The molecule has 0 aromatic heterocycles. The number of likely N-dealkylation sites (tertiary alicyclic amines) is 2. The number of esters is 1. The number of hydrogen-bond donors (Lipinski definition) is 2. The summed E-state index contributed by atoms with van der Waals surface area (Å²) in [5, 5.41) is 13.1. The lowest BCUT2D eigenvalue weighted by Gasteiger charge is -2.38. The van der Waals surface area contributed by atoms with Crippen LogP contribution >= 0.6 is 0 Å². The van der Waals surface area contributed by atoms with Crippen LogP contribution in [0, 0.1) is 11.8 Å². The summed E-state index contributed by atoms with van der Waals surface area (Å²) in [5.74, 6) is -1.53. The predicted molar refractivity (Wildman–Crippen MR) is 151 cm³/mol. The van der Waals surface area contributed by atoms with E-state index in [-0.39, 0.29) is 43.3 Å². The molecule has 13 heteroatoms. The second kappa shape index (κ2) is 15.9. The minimum absolute atomic E-state index is 0.0589. The van der Waals surface area contributed by atoms with Crippen LogP contribution in [0.25, 0.3) is 0 Å². The number of rotatable bonds is 11. The van der Waals surface area contributed by atoms with Gasteiger partial charge in [-0.25, -0.2) is 15.0 Å². The van der Waals surface area contributed by atoms with Gasteiger partial charge in [0.15, 0.2) is 5.78 Å². The Morgan fingerprint density at radius 1 is 1.07 bits per heavy atom. The highest BCUT2D eigenvalue weighted by atomic mass is 16.7. The van der Waals surface area contributed by atoms with Crippen LogP contribution in [0.3, 0.4) is 0 Å². The quantitative estimate of drug-likeness (QED) is 0.130. The van der Waals surface area contributed by atoms with Crippen molar-refractivity contribution >= 4 is 36.1 Å². The first-order valence-electron chi connectivity index (χ1n) is 14.3. The number of nitrogens with one attached hydrogen (secondary N) is 1. The third-order valence-corrected chi connectivity index (χ3v) is 7.27. The van der Waals surface area contributed by atoms with Crippen LogP contribution in [0.1, 0.15) is 68.8 Å². The summed E-state index contributed by atoms with van der Waals surface area (Å²) in [4.78, 5) is 63.4. The highest BCUT2D eigenvalue weighted by molar-refractivity contribution is 5.99. The lowest BCUT2D eigenvalue weighted by atomic mass is 9.96. The standard InChI is InChI=1S/C29H40N4O9/c1-4-40-28(37)31-30-17-21-7-9-22(10-8-21)25(35)16-19(2)26(36)32-14-11-24(12-15-32)42-27(41-20(3)34)23-6-5-13-33(18-23)29(38)39/h7-10,17,19,23-24,27H,4-6,11-16,18H2,1-3H3,(H,31,37)(H,38,39)/t19-,23?,27?/m1/s1. The summed E-state index contributed by atoms with van der Waals surface area (Å²) in [5.41, 5.74) is 3.38. The molecule has 0 radical (unpaired) electrons. The van der Waals surface area contributed by atoms with E-state index in [0.29, 0.717) is 56.4 Å². The maximum atomic E-state index is 13.1. The van der Waals surface area contributed by atoms with Crippen LogP contribution in [0.2, 0.25) is 0 Å². The molecular weight excluding hydrogens is 548 g/mol. The van der Waals surface area contributed by atoms with Gasteiger partial charge in [-0.2, -0.15) is 5.10 Å². The number of hydrogen-bond acceptors (Lipinski definition) is 9. The fraction of sp³-hybridized carbons (Fsp3) is 0.586. The molecule has 2 aliphatic heterocycles. The van der Waals surface area contributed by atoms with Crippen molar-refractivity contribution in [3.05, 3.63) is 35.4 Å². The van der Waals surface area contributed by atoms with Gasteiger partial charge in [-0.3, -0.25) is 14.4 Å². The fourth-order valence-electron chi connectivity index (χ4n) is 5.08. The van der Waals surface area contributed by atoms with Crippen molar-refractivity contribution < 1.29 is 43.3 Å². The number of benzene rings is 1. The number of ether oxygens (including phenoxy) is 3. The summed E-state index contributed by atoms with van der Waals surface area (Å²) in [6.07, 6.45) is 1.15. The van der Waals surface area contributed by atoms with E-state index in [1.165, 1.54) is 18.0 Å². The lowest BCUT2D eigenvalue weighted by Crippen LogP contribution is -2.48. The van der Waals surface area contributed by atoms with E-state index in [4.69, 9.17) is 14.2 Å². The van der Waals surface area contributed by atoms with Gasteiger partial charge < -0.3 is 29.1 Å². The van der Waals surface area contributed by atoms with Gasteiger partial charge in [-0.05, 0) is 38.2 Å². The van der Waals surface area contributed by atoms with Crippen LogP contribution in [0.4, 0.5) is 9.59 Å². The lowest BCUT2D eigenvalue weighted by molar-refractivity contribution is -0.211. The Hall–Kier alpha value is -4.00. The van der Waals surface area contributed by atoms with E-state index in [1.807, 2.05) is 0 Å². The minimum Gasteiger partial charge on any atom is -0.465 e. The number of nitrogens with zero attached hydrogens (tertiary/aromatic N) is 3. The maximum absolute atomic E-state index is 13.1. The van der Waals surface area contributed by atoms with E-state index in [9.17, 15) is 29.1 Å². The van der Waals surface area contributed by atoms with Crippen LogP contribution in [-0.4, -0.2) is 96.1 Å². The summed E-state index contributed by atoms with van der Waals surface area (Å²) in [6.45, 7) is 6.51. The van der Waals surface area contributed by atoms with Crippen LogP contribution in [-0.2, 0) is 23.8 Å². The van der Waals surface area contributed by atoms with Crippen LogP contribution in [0.15, 0.2) is 29.4 Å². The van der Waals surface area contributed by atoms with E-state index in [1.54, 1.807) is 43.0 Å². The zero-order valence-electron chi connectivity index (χ0n) is 24.3. The number of carbonyl (C=O) groups excluding carboxylic acids is 4. The van der Waals surface area contributed by atoms with Crippen LogP contribution in [0.5, 0.6) is 0 Å². The van der Waals surface area contributed by atoms with Gasteiger partial charge in [0.05, 0.1) is 18.9 Å². The Balaban J connectivity index is 1.47. The average molecular weight is 589 g/mol. The number of hydrazone groups is 1. The van der Waals surface area contributed by atoms with Gasteiger partial charge in [0.2, 0.25) is 12.2 Å². The first-order chi connectivity index (χ1) is 20.1. The fourth-order valence-corrected chi connectivity index (χ4v) is 5.08. The number of carbonyl (C=O) groups is 5. The summed E-state index contributed by atoms with van der Waals surface area (Å²) in [6, 6.07) is 6.68. The molecule has 0 aliphatic carbocycles. The maximum Gasteiger partial charge on any atom is 0.427 e. The van der Waals surface area contributed by atoms with Crippen molar-refractivity contribution in [3.8, 4) is 0 Å². The van der Waals surface area contributed by atoms with Gasteiger partial charge in [0, 0.05) is 56.9 Å². The van der Waals surface area contributed by atoms with Crippen molar-refractivity contribution in [1.29, 1.82) is 0 Å². The number of piperidine rings is 2. The van der Waals surface area contributed by atoms with E-state index >= 15 is 0 Å². The second-order valence-corrected chi connectivity index (χ2v) is 10.5. The molecule has 2 fully saturated rings. The molecule has 2 aliphatic rings. The Bertz CT molecular complexity index is 1130. The van der Waals surface area contributed by atoms with Gasteiger partial charge in [0.1, 0.15) is 0 Å². The molecule has 2 heterocycles. The van der Waals surface area contributed by atoms with E-state index in [0.717, 1.165) is 0 Å². The molecule has 230 valence electrons. The molecule has 2 saturated heterocycles. The van der Waals surface area contributed by atoms with Crippen LogP contribution < -0.4 is 5.43 Å². The molecule has 3 atom stereocenters. The molecule has 1 aromatic rings. The molecule has 3 rings (SSSR count). The van der Waals surface area contributed by atoms with Crippen molar-refractivity contribution in [2.45, 2.75) is 65.3 Å². The normalized spacial score (nSPS) is 19.2. The Morgan fingerprint density at radius 3 is 2.38 bits per heavy atom. The van der Waals surface area contributed by atoms with Gasteiger partial charge in [-0.15, -0.1) is 0 Å². The van der Waals surface area contributed by atoms with E-state index in [2.05, 4.69) is 10.5 Å². The molecule has 0 bridgehead atoms. The van der Waals surface area contributed by atoms with Crippen molar-refractivity contribution in [1.82, 2.24) is 15.2 Å². The first-order valence-corrected chi connectivity index (χ1v) is 14.3. The zero-order valence-corrected chi connectivity index (χ0v) is 24.3. The molecule has 2 unspecified atom stereocenters. The molecule has 0 spiro atoms. The van der Waals surface area contributed by atoms with E-state index < -0.39 is 30.4 Å². The predicted octanol–water partition coefficient (Wildman–Crippen LogP) is 3.26. The summed E-state index contributed by atoms with van der Waals surface area (Å²) in [7, 11) is 0. The number of Topliss-reactive ketones (excluding diaryl/α,β-unsaturated/α-hetero) is 1. The third kappa shape index (κ3) is 9.82. The summed E-state index contributed by atoms with van der Waals surface area (Å²) >= 11 is 0. The molecule has 2 N–H and O–H groups in total. The highest BCUT2D eigenvalue weighted by Crippen LogP contribution is 2.27. The summed E-state index contributed by atoms with van der Waals surface area (Å²) < 4.78 is 16.3. The molecule has 1 aromatic carbocycles. The molecule has 3 amide bonds. The number of amides is 3. The van der Waals surface area contributed by atoms with Gasteiger partial charge in [-0.1, -0.05) is 31.2 Å².